The van der Waals surface area contributed by atoms with Crippen LogP contribution in [0, 0.1) is 5.92 Å². The predicted octanol–water partition coefficient (Wildman–Crippen LogP) is 3.75. The van der Waals surface area contributed by atoms with Gasteiger partial charge in [-0.05, 0) is 44.2 Å². The highest BCUT2D eigenvalue weighted by atomic mass is 19.4. The van der Waals surface area contributed by atoms with E-state index in [0.717, 1.165) is 0 Å². The summed E-state index contributed by atoms with van der Waals surface area (Å²) in [5.74, 6) is -1.03. The third kappa shape index (κ3) is 4.94. The maximum atomic E-state index is 13.0. The molecule has 1 saturated carbocycles. The number of ether oxygens (including phenoxy) is 2. The van der Waals surface area contributed by atoms with Gasteiger partial charge in [0.15, 0.2) is 0 Å². The molecule has 1 heterocycles. The molecule has 2 aliphatic rings. The third-order valence-electron chi connectivity index (χ3n) is 5.62. The van der Waals surface area contributed by atoms with E-state index in [1.165, 1.54) is 12.0 Å². The first-order chi connectivity index (χ1) is 13.7. The molecule has 9 heteroatoms. The van der Waals surface area contributed by atoms with Gasteiger partial charge < -0.3 is 19.7 Å². The van der Waals surface area contributed by atoms with Crippen molar-refractivity contribution in [1.29, 1.82) is 0 Å². The number of hydrogen-bond donors (Lipinski definition) is 1. The van der Waals surface area contributed by atoms with Gasteiger partial charge in [-0.25, -0.2) is 0 Å². The summed E-state index contributed by atoms with van der Waals surface area (Å²) in [7, 11) is 3.03. The van der Waals surface area contributed by atoms with Crippen LogP contribution in [-0.2, 0) is 9.59 Å². The molecular weight excluding hydrogens is 389 g/mol. The van der Waals surface area contributed by atoms with E-state index >= 15 is 0 Å². The van der Waals surface area contributed by atoms with E-state index in [-0.39, 0.29) is 24.7 Å². The van der Waals surface area contributed by atoms with Crippen LogP contribution < -0.4 is 14.8 Å². The van der Waals surface area contributed by atoms with Crippen molar-refractivity contribution in [1.82, 2.24) is 4.90 Å². The lowest BCUT2D eigenvalue weighted by molar-refractivity contribution is -0.188. The van der Waals surface area contributed by atoms with Crippen LogP contribution in [0.15, 0.2) is 18.2 Å². The number of halogens is 3. The Labute approximate surface area is 167 Å². The quantitative estimate of drug-likeness (QED) is 0.797. The molecule has 1 aromatic carbocycles. The largest absolute Gasteiger partial charge is 0.495 e. The molecule has 1 aromatic rings. The maximum absolute atomic E-state index is 13.0. The Bertz CT molecular complexity index is 769. The zero-order valence-electron chi connectivity index (χ0n) is 16.4. The summed E-state index contributed by atoms with van der Waals surface area (Å²) in [6.45, 7) is 0. The Balaban J connectivity index is 1.70. The first-order valence-electron chi connectivity index (χ1n) is 9.67. The van der Waals surface area contributed by atoms with Gasteiger partial charge in [0.05, 0.1) is 24.8 Å². The Morgan fingerprint density at radius 1 is 1.24 bits per heavy atom. The summed E-state index contributed by atoms with van der Waals surface area (Å²) in [6, 6.07) is 4.18. The summed E-state index contributed by atoms with van der Waals surface area (Å²) in [6.07, 6.45) is -2.95. The molecule has 1 N–H and O–H groups in total. The average Bonchev–Trinajstić information content (AvgIpc) is 3.00. The number of methoxy groups -OCH3 is 1. The van der Waals surface area contributed by atoms with Crippen LogP contribution in [0.1, 0.15) is 38.5 Å². The Hall–Kier alpha value is -2.45. The lowest BCUT2D eigenvalue weighted by Crippen LogP contribution is -2.39. The fourth-order valence-electron chi connectivity index (χ4n) is 3.93. The van der Waals surface area contributed by atoms with Gasteiger partial charge >= 0.3 is 6.18 Å². The molecule has 3 atom stereocenters. The van der Waals surface area contributed by atoms with E-state index in [1.54, 1.807) is 25.2 Å². The zero-order valence-corrected chi connectivity index (χ0v) is 16.4. The lowest BCUT2D eigenvalue weighted by Gasteiger charge is -2.31. The number of anilines is 1. The second-order valence-corrected chi connectivity index (χ2v) is 7.56. The van der Waals surface area contributed by atoms with Crippen molar-refractivity contribution < 1.29 is 32.2 Å². The van der Waals surface area contributed by atoms with Crippen LogP contribution in [0.25, 0.3) is 0 Å². The number of alkyl halides is 3. The van der Waals surface area contributed by atoms with Crippen molar-refractivity contribution in [3.8, 4) is 11.5 Å². The van der Waals surface area contributed by atoms with Crippen molar-refractivity contribution in [3.05, 3.63) is 18.2 Å². The van der Waals surface area contributed by atoms with Crippen molar-refractivity contribution in [2.24, 2.45) is 5.92 Å². The van der Waals surface area contributed by atoms with E-state index < -0.39 is 24.2 Å². The monoisotopic (exact) mass is 414 g/mol. The molecular formula is C20H25F3N2O4. The Morgan fingerprint density at radius 3 is 2.62 bits per heavy atom. The summed E-state index contributed by atoms with van der Waals surface area (Å²) >= 11 is 0. The van der Waals surface area contributed by atoms with Gasteiger partial charge in [0.1, 0.15) is 17.5 Å². The van der Waals surface area contributed by atoms with E-state index in [4.69, 9.17) is 9.47 Å². The zero-order chi connectivity index (χ0) is 21.2. The number of benzene rings is 1. The number of amides is 2. The highest BCUT2D eigenvalue weighted by Crippen LogP contribution is 2.39. The number of nitrogens with one attached hydrogen (secondary N) is 1. The van der Waals surface area contributed by atoms with Crippen molar-refractivity contribution in [2.75, 3.05) is 19.5 Å². The third-order valence-corrected chi connectivity index (χ3v) is 5.62. The topological polar surface area (TPSA) is 67.9 Å². The van der Waals surface area contributed by atoms with E-state index in [2.05, 4.69) is 5.32 Å². The molecule has 0 radical (unpaired) electrons. The molecule has 160 valence electrons. The van der Waals surface area contributed by atoms with Gasteiger partial charge in [0.2, 0.25) is 11.8 Å². The minimum Gasteiger partial charge on any atom is -0.495 e. The van der Waals surface area contributed by atoms with Crippen LogP contribution >= 0.6 is 0 Å². The smallest absolute Gasteiger partial charge is 0.391 e. The number of likely N-dealkylation sites (N-methyl/N-ethyl adjacent to an activating group) is 1. The average molecular weight is 414 g/mol. The molecule has 2 amide bonds. The summed E-state index contributed by atoms with van der Waals surface area (Å²) in [5, 5.41) is 2.75. The molecule has 1 aliphatic carbocycles. The molecule has 0 spiro atoms. The van der Waals surface area contributed by atoms with Gasteiger partial charge in [0.25, 0.3) is 0 Å². The van der Waals surface area contributed by atoms with Gasteiger partial charge in [-0.3, -0.25) is 9.59 Å². The molecule has 0 unspecified atom stereocenters. The normalized spacial score (nSPS) is 25.1. The van der Waals surface area contributed by atoms with Gasteiger partial charge in [-0.1, -0.05) is 0 Å². The van der Waals surface area contributed by atoms with Crippen LogP contribution in [0.2, 0.25) is 0 Å². The maximum Gasteiger partial charge on any atom is 0.391 e. The van der Waals surface area contributed by atoms with Crippen LogP contribution in [0.4, 0.5) is 18.9 Å². The Kier molecular flexibility index (Phi) is 6.24. The standard InChI is InChI=1S/C20H25F3N2O4/c1-25-16(7-9-18(25)26)19(27)24-15-11-14(6-8-17(15)28-2)29-13-5-3-4-12(10-13)20(21,22)23/h6,8,11-13,16H,3-5,7,9-10H2,1-2H3,(H,24,27)/t12-,13+,16+/m0/s1. The first kappa shape index (κ1) is 21.3. The Morgan fingerprint density at radius 2 is 2.00 bits per heavy atom. The number of rotatable bonds is 5. The van der Waals surface area contributed by atoms with Gasteiger partial charge in [-0.2, -0.15) is 13.2 Å². The lowest BCUT2D eigenvalue weighted by atomic mass is 9.87. The van der Waals surface area contributed by atoms with E-state index in [0.29, 0.717) is 42.9 Å². The number of hydrogen-bond acceptors (Lipinski definition) is 4. The molecule has 29 heavy (non-hydrogen) atoms. The number of likely N-dealkylation sites (tertiary alicyclic amines) is 1. The molecule has 1 aliphatic heterocycles. The highest BCUT2D eigenvalue weighted by molar-refractivity contribution is 5.99. The molecule has 0 bridgehead atoms. The van der Waals surface area contributed by atoms with Gasteiger partial charge in [-0.15, -0.1) is 0 Å². The van der Waals surface area contributed by atoms with Crippen LogP contribution in [-0.4, -0.2) is 49.2 Å². The molecule has 3 rings (SSSR count). The molecule has 6 nitrogen and oxygen atoms in total. The molecule has 0 aromatic heterocycles. The van der Waals surface area contributed by atoms with Crippen molar-refractivity contribution in [3.63, 3.8) is 0 Å². The SMILES string of the molecule is COc1ccc(O[C@@H]2CCC[C@H](C(F)(F)F)C2)cc1NC(=O)[C@H]1CCC(=O)N1C. The number of nitrogens with zero attached hydrogens (tertiary/aromatic N) is 1. The first-order valence-corrected chi connectivity index (χ1v) is 9.67. The number of carbonyl (C=O) groups excluding carboxylic acids is 2. The van der Waals surface area contributed by atoms with Gasteiger partial charge in [0, 0.05) is 19.5 Å². The van der Waals surface area contributed by atoms with Crippen molar-refractivity contribution in [2.45, 2.75) is 56.8 Å². The minimum absolute atomic E-state index is 0.0772. The fourth-order valence-corrected chi connectivity index (χ4v) is 3.93. The molecule has 2 fully saturated rings. The van der Waals surface area contributed by atoms with Crippen LogP contribution in [0.3, 0.4) is 0 Å². The van der Waals surface area contributed by atoms with Crippen molar-refractivity contribution >= 4 is 17.5 Å². The fraction of sp³-hybridized carbons (Fsp3) is 0.600. The number of carbonyl (C=O) groups is 2. The van der Waals surface area contributed by atoms with E-state index in [1.807, 2.05) is 0 Å². The second kappa shape index (κ2) is 8.51. The summed E-state index contributed by atoms with van der Waals surface area (Å²) < 4.78 is 50.1. The minimum atomic E-state index is -4.22. The summed E-state index contributed by atoms with van der Waals surface area (Å²) in [4.78, 5) is 25.6. The summed E-state index contributed by atoms with van der Waals surface area (Å²) in [5.41, 5.74) is 0.353. The molecule has 1 saturated heterocycles. The predicted molar refractivity (Wildman–Crippen MR) is 99.8 cm³/mol. The second-order valence-electron chi connectivity index (χ2n) is 7.56. The van der Waals surface area contributed by atoms with Crippen LogP contribution in [0.5, 0.6) is 11.5 Å². The van der Waals surface area contributed by atoms with E-state index in [9.17, 15) is 22.8 Å². The highest BCUT2D eigenvalue weighted by Gasteiger charge is 2.42.